The van der Waals surface area contributed by atoms with Gasteiger partial charge in [0.2, 0.25) is 0 Å². The lowest BCUT2D eigenvalue weighted by Gasteiger charge is -2.12. The van der Waals surface area contributed by atoms with E-state index >= 15 is 0 Å². The summed E-state index contributed by atoms with van der Waals surface area (Å²) >= 11 is 3.49. The second kappa shape index (κ2) is 11.1. The zero-order valence-electron chi connectivity index (χ0n) is 15.0. The van der Waals surface area contributed by atoms with E-state index in [1.54, 1.807) is 13.2 Å². The maximum absolute atomic E-state index is 5.83. The highest BCUT2D eigenvalue weighted by Crippen LogP contribution is 2.23. The molecule has 3 aromatic rings. The number of aromatic nitrogens is 1. The molecule has 1 heterocycles. The van der Waals surface area contributed by atoms with Gasteiger partial charge in [0.1, 0.15) is 12.4 Å². The fourth-order valence-corrected chi connectivity index (χ4v) is 2.90. The molecule has 0 aliphatic heterocycles. The maximum Gasteiger partial charge on any atom is 0.191 e. The summed E-state index contributed by atoms with van der Waals surface area (Å²) in [6, 6.07) is 18.2. The first-order chi connectivity index (χ1) is 12.7. The van der Waals surface area contributed by atoms with E-state index < -0.39 is 0 Å². The van der Waals surface area contributed by atoms with Crippen molar-refractivity contribution in [1.82, 2.24) is 15.6 Å². The Hall–Kier alpha value is -1.87. The van der Waals surface area contributed by atoms with Crippen molar-refractivity contribution in [1.29, 1.82) is 0 Å². The SMILES string of the molecule is CN=C(NCCOc1ccc2cc(Br)ccc2c1)NCc1ccccn1.I. The van der Waals surface area contributed by atoms with E-state index in [9.17, 15) is 0 Å². The van der Waals surface area contributed by atoms with Crippen molar-refractivity contribution in [2.75, 3.05) is 20.2 Å². The first kappa shape index (κ1) is 21.4. The third-order valence-corrected chi connectivity index (χ3v) is 4.32. The van der Waals surface area contributed by atoms with Gasteiger partial charge in [0.05, 0.1) is 18.8 Å². The summed E-state index contributed by atoms with van der Waals surface area (Å²) in [6.07, 6.45) is 1.78. The van der Waals surface area contributed by atoms with Crippen LogP contribution < -0.4 is 15.4 Å². The highest BCUT2D eigenvalue weighted by molar-refractivity contribution is 14.0. The van der Waals surface area contributed by atoms with Gasteiger partial charge in [-0.3, -0.25) is 9.98 Å². The van der Waals surface area contributed by atoms with E-state index in [4.69, 9.17) is 4.74 Å². The number of aliphatic imine (C=N–C) groups is 1. The van der Waals surface area contributed by atoms with Crippen LogP contribution in [-0.2, 0) is 6.54 Å². The number of ether oxygens (including phenoxy) is 1. The first-order valence-electron chi connectivity index (χ1n) is 8.41. The van der Waals surface area contributed by atoms with Gasteiger partial charge in [-0.15, -0.1) is 24.0 Å². The average molecular weight is 541 g/mol. The molecular formula is C20H22BrIN4O. The molecule has 0 aliphatic carbocycles. The van der Waals surface area contributed by atoms with Gasteiger partial charge < -0.3 is 15.4 Å². The molecule has 5 nitrogen and oxygen atoms in total. The summed E-state index contributed by atoms with van der Waals surface area (Å²) in [5.74, 6) is 1.58. The fourth-order valence-electron chi connectivity index (χ4n) is 2.52. The maximum atomic E-state index is 5.83. The van der Waals surface area contributed by atoms with Gasteiger partial charge in [-0.25, -0.2) is 0 Å². The molecule has 27 heavy (non-hydrogen) atoms. The zero-order chi connectivity index (χ0) is 18.2. The van der Waals surface area contributed by atoms with E-state index in [0.29, 0.717) is 19.7 Å². The highest BCUT2D eigenvalue weighted by Gasteiger charge is 2.01. The number of pyridine rings is 1. The molecule has 142 valence electrons. The largest absolute Gasteiger partial charge is 0.492 e. The normalized spacial score (nSPS) is 11.0. The smallest absolute Gasteiger partial charge is 0.191 e. The van der Waals surface area contributed by atoms with Crippen LogP contribution in [0.25, 0.3) is 10.8 Å². The van der Waals surface area contributed by atoms with E-state index in [1.165, 1.54) is 5.39 Å². The highest BCUT2D eigenvalue weighted by atomic mass is 127. The van der Waals surface area contributed by atoms with Crippen LogP contribution in [-0.4, -0.2) is 31.1 Å². The third kappa shape index (κ3) is 6.66. The average Bonchev–Trinajstić information content (AvgIpc) is 2.68. The van der Waals surface area contributed by atoms with Crippen LogP contribution in [0, 0.1) is 0 Å². The van der Waals surface area contributed by atoms with Crippen molar-refractivity contribution >= 4 is 56.6 Å². The van der Waals surface area contributed by atoms with Crippen molar-refractivity contribution in [2.24, 2.45) is 4.99 Å². The fraction of sp³-hybridized carbons (Fsp3) is 0.200. The lowest BCUT2D eigenvalue weighted by molar-refractivity contribution is 0.322. The number of hydrogen-bond acceptors (Lipinski definition) is 3. The molecule has 0 saturated heterocycles. The van der Waals surface area contributed by atoms with Gasteiger partial charge in [0, 0.05) is 17.7 Å². The summed E-state index contributed by atoms with van der Waals surface area (Å²) in [5.41, 5.74) is 0.967. The lowest BCUT2D eigenvalue weighted by atomic mass is 10.1. The Morgan fingerprint density at radius 1 is 1.07 bits per heavy atom. The Kier molecular flexibility index (Phi) is 8.80. The molecular weight excluding hydrogens is 519 g/mol. The summed E-state index contributed by atoms with van der Waals surface area (Å²) in [5, 5.41) is 8.81. The molecule has 0 bridgehead atoms. The quantitative estimate of drug-likeness (QED) is 0.211. The molecule has 0 fully saturated rings. The summed E-state index contributed by atoms with van der Waals surface area (Å²) in [7, 11) is 1.75. The zero-order valence-corrected chi connectivity index (χ0v) is 18.9. The molecule has 2 aromatic carbocycles. The number of guanidine groups is 1. The number of fused-ring (bicyclic) bond motifs is 1. The molecule has 0 amide bonds. The van der Waals surface area contributed by atoms with E-state index in [0.717, 1.165) is 27.3 Å². The summed E-state index contributed by atoms with van der Waals surface area (Å²) < 4.78 is 6.91. The van der Waals surface area contributed by atoms with Gasteiger partial charge in [0.25, 0.3) is 0 Å². The number of hydrogen-bond donors (Lipinski definition) is 2. The number of rotatable bonds is 6. The van der Waals surface area contributed by atoms with Crippen LogP contribution in [0.4, 0.5) is 0 Å². The third-order valence-electron chi connectivity index (χ3n) is 3.82. The lowest BCUT2D eigenvalue weighted by Crippen LogP contribution is -2.39. The molecule has 0 unspecified atom stereocenters. The molecule has 3 rings (SSSR count). The van der Waals surface area contributed by atoms with E-state index in [1.807, 2.05) is 30.3 Å². The second-order valence-corrected chi connectivity index (χ2v) is 6.59. The monoisotopic (exact) mass is 540 g/mol. The molecule has 0 aliphatic rings. The Bertz CT molecular complexity index is 890. The minimum atomic E-state index is 0. The van der Waals surface area contributed by atoms with Crippen molar-refractivity contribution in [3.8, 4) is 5.75 Å². The summed E-state index contributed by atoms with van der Waals surface area (Å²) in [4.78, 5) is 8.48. The Balaban J connectivity index is 0.00000261. The molecule has 0 atom stereocenters. The van der Waals surface area contributed by atoms with Crippen molar-refractivity contribution < 1.29 is 4.74 Å². The minimum absolute atomic E-state index is 0. The van der Waals surface area contributed by atoms with E-state index in [2.05, 4.69) is 60.8 Å². The van der Waals surface area contributed by atoms with Crippen LogP contribution in [0.3, 0.4) is 0 Å². The van der Waals surface area contributed by atoms with Crippen molar-refractivity contribution in [3.05, 3.63) is 71.0 Å². The number of nitrogens with zero attached hydrogens (tertiary/aromatic N) is 2. The van der Waals surface area contributed by atoms with Gasteiger partial charge in [-0.2, -0.15) is 0 Å². The topological polar surface area (TPSA) is 58.5 Å². The Labute approximate surface area is 184 Å². The number of benzene rings is 2. The van der Waals surface area contributed by atoms with Crippen molar-refractivity contribution in [3.63, 3.8) is 0 Å². The standard InChI is InChI=1S/C20H21BrN4O.HI/c1-22-20(25-14-18-4-2-3-9-23-18)24-10-11-26-19-8-6-15-12-17(21)7-5-16(15)13-19;/h2-9,12-13H,10-11,14H2,1H3,(H2,22,24,25);1H. The van der Waals surface area contributed by atoms with Crippen molar-refractivity contribution in [2.45, 2.75) is 6.54 Å². The second-order valence-electron chi connectivity index (χ2n) is 5.68. The number of halogens is 2. The molecule has 2 N–H and O–H groups in total. The minimum Gasteiger partial charge on any atom is -0.492 e. The van der Waals surface area contributed by atoms with Gasteiger partial charge in [-0.1, -0.05) is 34.1 Å². The molecule has 7 heteroatoms. The van der Waals surface area contributed by atoms with Gasteiger partial charge >= 0.3 is 0 Å². The van der Waals surface area contributed by atoms with Crippen LogP contribution >= 0.6 is 39.9 Å². The van der Waals surface area contributed by atoms with Crippen LogP contribution in [0.2, 0.25) is 0 Å². The predicted molar refractivity (Wildman–Crippen MR) is 125 cm³/mol. The number of nitrogens with one attached hydrogen (secondary N) is 2. The molecule has 1 aromatic heterocycles. The van der Waals surface area contributed by atoms with Crippen LogP contribution in [0.15, 0.2) is 70.3 Å². The van der Waals surface area contributed by atoms with Crippen LogP contribution in [0.1, 0.15) is 5.69 Å². The first-order valence-corrected chi connectivity index (χ1v) is 9.20. The predicted octanol–water partition coefficient (Wildman–Crippen LogP) is 4.36. The molecule has 0 spiro atoms. The molecule has 0 radical (unpaired) electrons. The van der Waals surface area contributed by atoms with Crippen LogP contribution in [0.5, 0.6) is 5.75 Å². The Morgan fingerprint density at radius 3 is 2.67 bits per heavy atom. The summed E-state index contributed by atoms with van der Waals surface area (Å²) in [6.45, 7) is 1.83. The van der Waals surface area contributed by atoms with E-state index in [-0.39, 0.29) is 24.0 Å². The molecule has 0 saturated carbocycles. The van der Waals surface area contributed by atoms with Gasteiger partial charge in [-0.05, 0) is 47.2 Å². The Morgan fingerprint density at radius 2 is 1.89 bits per heavy atom. The van der Waals surface area contributed by atoms with Gasteiger partial charge in [0.15, 0.2) is 5.96 Å².